The Labute approximate surface area is 150 Å². The smallest absolute Gasteiger partial charge is 0.305 e. The highest BCUT2D eigenvalue weighted by atomic mass is 16.5. The van der Waals surface area contributed by atoms with Gasteiger partial charge in [0, 0.05) is 6.42 Å². The highest BCUT2D eigenvalue weighted by molar-refractivity contribution is 5.69. The van der Waals surface area contributed by atoms with Crippen LogP contribution in [0.1, 0.15) is 61.3 Å². The minimum absolute atomic E-state index is 0.124. The van der Waals surface area contributed by atoms with E-state index in [9.17, 15) is 4.79 Å². The molecule has 2 atom stereocenters. The molecule has 25 heavy (non-hydrogen) atoms. The summed E-state index contributed by atoms with van der Waals surface area (Å²) in [7, 11) is 1.45. The van der Waals surface area contributed by atoms with Gasteiger partial charge in [-0.3, -0.25) is 4.79 Å². The van der Waals surface area contributed by atoms with Crippen molar-refractivity contribution in [3.8, 4) is 0 Å². The third-order valence-corrected chi connectivity index (χ3v) is 5.23. The molecule has 1 aromatic rings. The van der Waals surface area contributed by atoms with Crippen LogP contribution in [0.25, 0.3) is 0 Å². The molecule has 0 aliphatic heterocycles. The lowest BCUT2D eigenvalue weighted by atomic mass is 10.0. The lowest BCUT2D eigenvalue weighted by Crippen LogP contribution is -2.13. The quantitative estimate of drug-likeness (QED) is 0.541. The van der Waals surface area contributed by atoms with Gasteiger partial charge in [-0.1, -0.05) is 42.0 Å². The molecule has 3 nitrogen and oxygen atoms in total. The molecule has 0 amide bonds. The molecule has 3 heteroatoms. The van der Waals surface area contributed by atoms with Crippen molar-refractivity contribution in [3.05, 3.63) is 58.7 Å². The molecule has 134 valence electrons. The number of allylic oxidation sites excluding steroid dienone is 2. The molecule has 0 spiro atoms. The van der Waals surface area contributed by atoms with E-state index in [1.54, 1.807) is 0 Å². The summed E-state index contributed by atoms with van der Waals surface area (Å²) in [5.74, 6) is -0.124. The summed E-state index contributed by atoms with van der Waals surface area (Å²) < 4.78 is 11.1. The van der Waals surface area contributed by atoms with E-state index in [-0.39, 0.29) is 18.2 Å². The van der Waals surface area contributed by atoms with Crippen molar-refractivity contribution in [3.63, 3.8) is 0 Å². The van der Waals surface area contributed by atoms with Gasteiger partial charge in [0.2, 0.25) is 0 Å². The zero-order valence-electron chi connectivity index (χ0n) is 15.3. The number of esters is 1. The maximum absolute atomic E-state index is 11.2. The minimum atomic E-state index is -0.124. The van der Waals surface area contributed by atoms with E-state index in [4.69, 9.17) is 9.47 Å². The van der Waals surface area contributed by atoms with E-state index in [0.717, 1.165) is 38.5 Å². The third-order valence-electron chi connectivity index (χ3n) is 5.23. The monoisotopic (exact) mass is 340 g/mol. The second-order valence-corrected chi connectivity index (χ2v) is 7.01. The number of carbonyl (C=O) groups excluding carboxylic acids is 1. The molecule has 0 bridgehead atoms. The molecular formula is C22H28O3. The van der Waals surface area contributed by atoms with Crippen LogP contribution in [-0.4, -0.2) is 19.2 Å². The molecule has 2 aliphatic carbocycles. The van der Waals surface area contributed by atoms with Crippen molar-refractivity contribution < 1.29 is 14.3 Å². The molecule has 0 heterocycles. The highest BCUT2D eigenvalue weighted by Gasteiger charge is 2.26. The topological polar surface area (TPSA) is 35.5 Å². The van der Waals surface area contributed by atoms with Crippen LogP contribution in [0.15, 0.2) is 42.0 Å². The number of rotatable bonds is 6. The van der Waals surface area contributed by atoms with Gasteiger partial charge in [0.15, 0.2) is 0 Å². The first-order chi connectivity index (χ1) is 12.2. The second-order valence-electron chi connectivity index (χ2n) is 7.01. The van der Waals surface area contributed by atoms with E-state index < -0.39 is 0 Å². The molecule has 2 aliphatic rings. The average molecular weight is 340 g/mol. The number of hydrogen-bond donors (Lipinski definition) is 0. The first-order valence-electron chi connectivity index (χ1n) is 9.32. The van der Waals surface area contributed by atoms with Crippen molar-refractivity contribution in [1.29, 1.82) is 0 Å². The molecule has 1 aromatic carbocycles. The third kappa shape index (κ3) is 4.60. The van der Waals surface area contributed by atoms with Crippen LogP contribution >= 0.6 is 0 Å². The van der Waals surface area contributed by atoms with E-state index >= 15 is 0 Å². The van der Waals surface area contributed by atoms with Crippen molar-refractivity contribution in [2.45, 2.75) is 64.1 Å². The zero-order chi connectivity index (χ0) is 17.6. The van der Waals surface area contributed by atoms with Crippen molar-refractivity contribution in [1.82, 2.24) is 0 Å². The number of fused-ring (bicyclic) bond motifs is 1. The van der Waals surface area contributed by atoms with Crippen LogP contribution < -0.4 is 0 Å². The van der Waals surface area contributed by atoms with Crippen LogP contribution in [0.4, 0.5) is 0 Å². The van der Waals surface area contributed by atoms with Crippen molar-refractivity contribution in [2.24, 2.45) is 0 Å². The Morgan fingerprint density at radius 1 is 1.32 bits per heavy atom. The fraction of sp³-hybridized carbons (Fsp3) is 0.500. The van der Waals surface area contributed by atoms with E-state index in [1.165, 1.54) is 29.4 Å². The van der Waals surface area contributed by atoms with Crippen LogP contribution in [-0.2, 0) is 20.7 Å². The summed E-state index contributed by atoms with van der Waals surface area (Å²) in [6, 6.07) is 6.56. The molecular weight excluding hydrogens is 312 g/mol. The van der Waals surface area contributed by atoms with E-state index in [2.05, 4.69) is 43.4 Å². The predicted molar refractivity (Wildman–Crippen MR) is 99.4 cm³/mol. The van der Waals surface area contributed by atoms with Gasteiger partial charge in [-0.05, 0) is 62.1 Å². The first kappa shape index (κ1) is 17.9. The maximum Gasteiger partial charge on any atom is 0.305 e. The van der Waals surface area contributed by atoms with Gasteiger partial charge in [-0.2, -0.15) is 0 Å². The van der Waals surface area contributed by atoms with Crippen LogP contribution in [0.3, 0.4) is 0 Å². The average Bonchev–Trinajstić information content (AvgIpc) is 2.89. The Kier molecular flexibility index (Phi) is 6.09. The fourth-order valence-corrected chi connectivity index (χ4v) is 3.88. The Bertz CT molecular complexity index is 672. The summed E-state index contributed by atoms with van der Waals surface area (Å²) in [5.41, 5.74) is 5.59. The summed E-state index contributed by atoms with van der Waals surface area (Å²) in [4.78, 5) is 11.2. The summed E-state index contributed by atoms with van der Waals surface area (Å²) in [6.45, 7) is 2.18. The molecule has 0 fully saturated rings. The van der Waals surface area contributed by atoms with E-state index in [0.29, 0.717) is 6.42 Å². The van der Waals surface area contributed by atoms with Crippen LogP contribution in [0.5, 0.6) is 0 Å². The predicted octanol–water partition coefficient (Wildman–Crippen LogP) is 4.99. The van der Waals surface area contributed by atoms with Gasteiger partial charge in [0.25, 0.3) is 0 Å². The number of benzene rings is 1. The molecule has 0 aromatic heterocycles. The van der Waals surface area contributed by atoms with Crippen molar-refractivity contribution in [2.75, 3.05) is 7.11 Å². The molecule has 0 saturated carbocycles. The number of aryl methyl sites for hydroxylation is 2. The lowest BCUT2D eigenvalue weighted by Gasteiger charge is -2.20. The Morgan fingerprint density at radius 2 is 2.20 bits per heavy atom. The molecule has 0 saturated heterocycles. The number of carbonyl (C=O) groups is 1. The zero-order valence-corrected chi connectivity index (χ0v) is 15.3. The van der Waals surface area contributed by atoms with Gasteiger partial charge < -0.3 is 9.47 Å². The van der Waals surface area contributed by atoms with Gasteiger partial charge in [0.1, 0.15) is 0 Å². The molecule has 3 rings (SSSR count). The standard InChI is InChI=1S/C22H28O3/c1-16-6-3-9-18-13-15-20(22(16)18)25-19-10-4-7-17(12-14-19)8-5-11-21(23)24-2/h3-4,6,9-10,12,19-20H,5,7-8,11,13-15H2,1-2H3. The number of ether oxygens (including phenoxy) is 2. The van der Waals surface area contributed by atoms with Gasteiger partial charge in [0.05, 0.1) is 19.3 Å². The number of methoxy groups -OCH3 is 1. The Hall–Kier alpha value is -1.87. The Balaban J connectivity index is 1.55. The summed E-state index contributed by atoms with van der Waals surface area (Å²) >= 11 is 0. The first-order valence-corrected chi connectivity index (χ1v) is 9.32. The van der Waals surface area contributed by atoms with Crippen LogP contribution in [0.2, 0.25) is 0 Å². The van der Waals surface area contributed by atoms with Gasteiger partial charge >= 0.3 is 5.97 Å². The number of hydrogen-bond acceptors (Lipinski definition) is 3. The minimum Gasteiger partial charge on any atom is -0.469 e. The van der Waals surface area contributed by atoms with Crippen LogP contribution in [0, 0.1) is 6.92 Å². The van der Waals surface area contributed by atoms with Gasteiger partial charge in [-0.15, -0.1) is 0 Å². The second kappa shape index (κ2) is 8.48. The largest absolute Gasteiger partial charge is 0.469 e. The SMILES string of the molecule is COC(=O)CCCC1=CCC(OC2CCc3cccc(C)c32)C=CC1. The summed E-state index contributed by atoms with van der Waals surface area (Å²) in [5, 5.41) is 0. The lowest BCUT2D eigenvalue weighted by molar-refractivity contribution is -0.140. The van der Waals surface area contributed by atoms with Gasteiger partial charge in [-0.25, -0.2) is 0 Å². The highest BCUT2D eigenvalue weighted by Crippen LogP contribution is 2.37. The molecule has 2 unspecified atom stereocenters. The fourth-order valence-electron chi connectivity index (χ4n) is 3.88. The molecule has 0 N–H and O–H groups in total. The Morgan fingerprint density at radius 3 is 3.04 bits per heavy atom. The van der Waals surface area contributed by atoms with Crippen molar-refractivity contribution >= 4 is 5.97 Å². The normalized spacial score (nSPS) is 22.2. The van der Waals surface area contributed by atoms with E-state index in [1.807, 2.05) is 0 Å². The molecule has 0 radical (unpaired) electrons. The summed E-state index contributed by atoms with van der Waals surface area (Å²) in [6.07, 6.45) is 13.5. The maximum atomic E-state index is 11.2.